The number of rotatable bonds is 6. The van der Waals surface area contributed by atoms with E-state index in [0.717, 1.165) is 11.8 Å². The van der Waals surface area contributed by atoms with E-state index in [1.807, 2.05) is 0 Å². The number of nitro groups is 1. The van der Waals surface area contributed by atoms with Gasteiger partial charge >= 0.3 is 0 Å². The second kappa shape index (κ2) is 9.26. The second-order valence-electron chi connectivity index (χ2n) is 6.41. The van der Waals surface area contributed by atoms with Crippen LogP contribution in [0.15, 0.2) is 52.7 Å². The maximum absolute atomic E-state index is 12.3. The molecule has 12 heteroatoms. The van der Waals surface area contributed by atoms with Gasteiger partial charge in [-0.15, -0.1) is 5.10 Å². The van der Waals surface area contributed by atoms with Crippen LogP contribution in [0.4, 0.5) is 11.4 Å². The quantitative estimate of drug-likeness (QED) is 0.302. The molecular formula is C19H17N5O6S. The minimum Gasteiger partial charge on any atom is -0.508 e. The number of amidine groups is 1. The Hall–Kier alpha value is -3.93. The summed E-state index contributed by atoms with van der Waals surface area (Å²) in [7, 11) is 0. The first-order valence-electron chi connectivity index (χ1n) is 8.90. The summed E-state index contributed by atoms with van der Waals surface area (Å²) in [5, 5.41) is 42.5. The van der Waals surface area contributed by atoms with Crippen molar-refractivity contribution in [1.82, 2.24) is 5.32 Å². The summed E-state index contributed by atoms with van der Waals surface area (Å²) in [4.78, 5) is 34.8. The highest BCUT2D eigenvalue weighted by atomic mass is 32.2. The van der Waals surface area contributed by atoms with Crippen molar-refractivity contribution in [2.24, 2.45) is 10.2 Å². The lowest BCUT2D eigenvalue weighted by Crippen LogP contribution is -2.28. The number of aromatic hydroxyl groups is 2. The molecule has 1 aliphatic rings. The molecule has 160 valence electrons. The molecule has 1 fully saturated rings. The average molecular weight is 443 g/mol. The average Bonchev–Trinajstić information content (AvgIpc) is 3.05. The van der Waals surface area contributed by atoms with Crippen LogP contribution >= 0.6 is 11.8 Å². The lowest BCUT2D eigenvalue weighted by atomic mass is 10.1. The maximum atomic E-state index is 12.3. The van der Waals surface area contributed by atoms with Crippen LogP contribution in [0, 0.1) is 10.1 Å². The molecule has 0 bridgehead atoms. The Kier molecular flexibility index (Phi) is 6.50. The van der Waals surface area contributed by atoms with Gasteiger partial charge in [-0.3, -0.25) is 19.7 Å². The van der Waals surface area contributed by atoms with E-state index in [-0.39, 0.29) is 34.5 Å². The fourth-order valence-electron chi connectivity index (χ4n) is 2.69. The van der Waals surface area contributed by atoms with Crippen LogP contribution in [0.1, 0.15) is 18.9 Å². The fourth-order valence-corrected chi connectivity index (χ4v) is 3.61. The highest BCUT2D eigenvalue weighted by Gasteiger charge is 2.32. The predicted molar refractivity (Wildman–Crippen MR) is 115 cm³/mol. The first-order valence-corrected chi connectivity index (χ1v) is 9.78. The highest BCUT2D eigenvalue weighted by Crippen LogP contribution is 2.27. The third-order valence-electron chi connectivity index (χ3n) is 4.18. The summed E-state index contributed by atoms with van der Waals surface area (Å²) in [5.74, 6) is -1.27. The Balaban J connectivity index is 1.65. The summed E-state index contributed by atoms with van der Waals surface area (Å²) in [6.07, 6.45) is -0.219. The number of phenolic OH excluding ortho intramolecular Hbond substituents is 2. The van der Waals surface area contributed by atoms with E-state index in [0.29, 0.717) is 11.3 Å². The van der Waals surface area contributed by atoms with E-state index >= 15 is 0 Å². The van der Waals surface area contributed by atoms with Crippen LogP contribution in [-0.4, -0.2) is 43.1 Å². The second-order valence-corrected chi connectivity index (χ2v) is 7.61. The van der Waals surface area contributed by atoms with Crippen LogP contribution in [0.5, 0.6) is 11.5 Å². The van der Waals surface area contributed by atoms with Gasteiger partial charge in [-0.1, -0.05) is 23.9 Å². The van der Waals surface area contributed by atoms with Gasteiger partial charge in [0.25, 0.3) is 5.69 Å². The first kappa shape index (κ1) is 21.8. The Morgan fingerprint density at radius 2 is 2.03 bits per heavy atom. The molecule has 0 saturated carbocycles. The number of hydrogen-bond donors (Lipinski definition) is 4. The van der Waals surface area contributed by atoms with E-state index in [1.165, 1.54) is 36.4 Å². The zero-order valence-corrected chi connectivity index (χ0v) is 16.9. The first-order chi connectivity index (χ1) is 14.7. The van der Waals surface area contributed by atoms with E-state index in [2.05, 4.69) is 20.8 Å². The maximum Gasteiger partial charge on any atom is 0.292 e. The van der Waals surface area contributed by atoms with Gasteiger partial charge in [0.2, 0.25) is 11.8 Å². The number of carbonyl (C=O) groups is 2. The third-order valence-corrected chi connectivity index (χ3v) is 5.26. The van der Waals surface area contributed by atoms with Gasteiger partial charge in [0.15, 0.2) is 5.17 Å². The van der Waals surface area contributed by atoms with E-state index < -0.39 is 22.0 Å². The molecule has 0 radical (unpaired) electrons. The third kappa shape index (κ3) is 5.36. The van der Waals surface area contributed by atoms with Gasteiger partial charge in [-0.25, -0.2) is 0 Å². The van der Waals surface area contributed by atoms with Gasteiger partial charge in [0, 0.05) is 24.1 Å². The molecule has 0 unspecified atom stereocenters. The van der Waals surface area contributed by atoms with Crippen molar-refractivity contribution in [3.8, 4) is 11.5 Å². The Bertz CT molecular complexity index is 1120. The molecular weight excluding hydrogens is 426 g/mol. The molecule has 2 amide bonds. The smallest absolute Gasteiger partial charge is 0.292 e. The van der Waals surface area contributed by atoms with Crippen LogP contribution in [0.2, 0.25) is 0 Å². The number of thioether (sulfide) groups is 1. The molecule has 0 spiro atoms. The number of benzene rings is 2. The number of hydrogen-bond acceptors (Lipinski definition) is 9. The molecule has 0 aromatic heterocycles. The number of amides is 2. The SMILES string of the molecule is C/C(=N/N=C1\NC(=O)[C@@H](CC(=O)Nc2ccccc2[N+](=O)[O-])S1)c1ccc(O)cc1O. The number of nitrogens with zero attached hydrogens (tertiary/aromatic N) is 3. The summed E-state index contributed by atoms with van der Waals surface area (Å²) in [5.41, 5.74) is 0.502. The Labute approximate surface area is 180 Å². The summed E-state index contributed by atoms with van der Waals surface area (Å²) in [6, 6.07) is 9.73. The molecule has 2 aromatic rings. The van der Waals surface area contributed by atoms with Crippen molar-refractivity contribution in [2.75, 3.05) is 5.32 Å². The van der Waals surface area contributed by atoms with E-state index in [4.69, 9.17) is 0 Å². The van der Waals surface area contributed by atoms with Crippen molar-refractivity contribution >= 4 is 45.8 Å². The van der Waals surface area contributed by atoms with Crippen molar-refractivity contribution in [3.05, 3.63) is 58.1 Å². The normalized spacial score (nSPS) is 17.5. The largest absolute Gasteiger partial charge is 0.508 e. The number of nitro benzene ring substituents is 1. The van der Waals surface area contributed by atoms with Gasteiger partial charge in [0.05, 0.1) is 10.6 Å². The number of nitrogens with one attached hydrogen (secondary N) is 2. The molecule has 3 rings (SSSR count). The summed E-state index contributed by atoms with van der Waals surface area (Å²) < 4.78 is 0. The van der Waals surface area contributed by atoms with Crippen molar-refractivity contribution in [1.29, 1.82) is 0 Å². The minimum absolute atomic E-state index is 0.0451. The van der Waals surface area contributed by atoms with Crippen LogP contribution in [-0.2, 0) is 9.59 Å². The zero-order chi connectivity index (χ0) is 22.5. The number of para-hydroxylation sites is 2. The fraction of sp³-hybridized carbons (Fsp3) is 0.158. The number of carbonyl (C=O) groups excluding carboxylic acids is 2. The topological polar surface area (TPSA) is 167 Å². The van der Waals surface area contributed by atoms with Gasteiger partial charge < -0.3 is 20.8 Å². The molecule has 1 heterocycles. The van der Waals surface area contributed by atoms with Crippen LogP contribution in [0.25, 0.3) is 0 Å². The minimum atomic E-state index is -0.779. The predicted octanol–water partition coefficient (Wildman–Crippen LogP) is 2.35. The molecule has 1 aliphatic heterocycles. The van der Waals surface area contributed by atoms with Gasteiger partial charge in [0.1, 0.15) is 22.4 Å². The molecule has 0 aliphatic carbocycles. The molecule has 1 atom stereocenters. The monoisotopic (exact) mass is 443 g/mol. The lowest BCUT2D eigenvalue weighted by molar-refractivity contribution is -0.383. The molecule has 31 heavy (non-hydrogen) atoms. The molecule has 4 N–H and O–H groups in total. The highest BCUT2D eigenvalue weighted by molar-refractivity contribution is 8.15. The van der Waals surface area contributed by atoms with Crippen molar-refractivity contribution < 1.29 is 24.7 Å². The van der Waals surface area contributed by atoms with Crippen molar-refractivity contribution in [3.63, 3.8) is 0 Å². The van der Waals surface area contributed by atoms with Crippen LogP contribution < -0.4 is 10.6 Å². The Morgan fingerprint density at radius 3 is 2.74 bits per heavy atom. The zero-order valence-electron chi connectivity index (χ0n) is 16.1. The molecule has 11 nitrogen and oxygen atoms in total. The van der Waals surface area contributed by atoms with Crippen molar-refractivity contribution in [2.45, 2.75) is 18.6 Å². The standard InChI is InChI=1S/C19H17N5O6S/c1-10(12-7-6-11(25)8-15(12)26)22-23-19-21-18(28)16(31-19)9-17(27)20-13-4-2-3-5-14(13)24(29)30/h2-8,16,25-26H,9H2,1H3,(H,20,27)(H,21,23,28)/b22-10-/t16-/m1/s1. The van der Waals surface area contributed by atoms with E-state index in [9.17, 15) is 29.9 Å². The van der Waals surface area contributed by atoms with Gasteiger partial charge in [-0.05, 0) is 25.1 Å². The Morgan fingerprint density at radius 1 is 1.29 bits per heavy atom. The number of anilines is 1. The summed E-state index contributed by atoms with van der Waals surface area (Å²) >= 11 is 0.997. The lowest BCUT2D eigenvalue weighted by Gasteiger charge is -2.07. The van der Waals surface area contributed by atoms with Crippen LogP contribution in [0.3, 0.4) is 0 Å². The molecule has 1 saturated heterocycles. The van der Waals surface area contributed by atoms with E-state index in [1.54, 1.807) is 13.0 Å². The number of phenols is 2. The summed E-state index contributed by atoms with van der Waals surface area (Å²) in [6.45, 7) is 1.59. The van der Waals surface area contributed by atoms with Gasteiger partial charge in [-0.2, -0.15) is 5.10 Å². The molecule has 2 aromatic carbocycles.